The van der Waals surface area contributed by atoms with Crippen molar-refractivity contribution in [3.63, 3.8) is 0 Å². The number of unbranched alkanes of at least 4 members (excludes halogenated alkanes) is 23. The van der Waals surface area contributed by atoms with Crippen LogP contribution in [-0.4, -0.2) is 29.1 Å². The molecule has 0 bridgehead atoms. The predicted molar refractivity (Wildman–Crippen MR) is 163 cm³/mol. The summed E-state index contributed by atoms with van der Waals surface area (Å²) in [5, 5.41) is 0. The van der Waals surface area contributed by atoms with Crippen molar-refractivity contribution < 1.29 is 0 Å². The Balaban J connectivity index is 1.87. The fraction of sp³-hybridized carbons (Fsp3) is 0.941. The van der Waals surface area contributed by atoms with E-state index in [0.717, 1.165) is 0 Å². The maximum Gasteiger partial charge on any atom is 0.100 e. The van der Waals surface area contributed by atoms with E-state index >= 15 is 0 Å². The van der Waals surface area contributed by atoms with Crippen LogP contribution in [-0.2, 0) is 0 Å². The van der Waals surface area contributed by atoms with Gasteiger partial charge in [0.25, 0.3) is 0 Å². The molecule has 1 heterocycles. The third-order valence-corrected chi connectivity index (χ3v) is 8.37. The van der Waals surface area contributed by atoms with Gasteiger partial charge in [0.15, 0.2) is 0 Å². The van der Waals surface area contributed by atoms with Gasteiger partial charge < -0.3 is 9.80 Å². The van der Waals surface area contributed by atoms with Crippen molar-refractivity contribution >= 4 is 0 Å². The molecule has 0 aromatic rings. The predicted octanol–water partition coefficient (Wildman–Crippen LogP) is 11.6. The van der Waals surface area contributed by atoms with E-state index in [1.807, 2.05) is 0 Å². The largest absolute Gasteiger partial charge is 0.356 e. The first-order chi connectivity index (χ1) is 17.8. The average molecular weight is 505 g/mol. The first-order valence-corrected chi connectivity index (χ1v) is 17.0. The van der Waals surface area contributed by atoms with Crippen LogP contribution < -0.4 is 0 Å². The Labute approximate surface area is 229 Å². The molecule has 214 valence electrons. The van der Waals surface area contributed by atoms with E-state index in [1.54, 1.807) is 0 Å². The van der Waals surface area contributed by atoms with Crippen LogP contribution in [0.3, 0.4) is 0 Å². The number of hydrogen-bond acceptors (Lipinski definition) is 2. The summed E-state index contributed by atoms with van der Waals surface area (Å²) in [6, 6.07) is 0. The molecule has 0 saturated heterocycles. The molecule has 1 unspecified atom stereocenters. The molecule has 0 aliphatic carbocycles. The zero-order valence-corrected chi connectivity index (χ0v) is 25.4. The lowest BCUT2D eigenvalue weighted by Crippen LogP contribution is -2.38. The van der Waals surface area contributed by atoms with Gasteiger partial charge in [-0.05, 0) is 19.3 Å². The second-order valence-electron chi connectivity index (χ2n) is 11.8. The van der Waals surface area contributed by atoms with E-state index < -0.39 is 0 Å². The summed E-state index contributed by atoms with van der Waals surface area (Å²) in [4.78, 5) is 5.24. The summed E-state index contributed by atoms with van der Waals surface area (Å²) < 4.78 is 0. The van der Waals surface area contributed by atoms with Crippen LogP contribution in [0.25, 0.3) is 0 Å². The molecule has 0 spiro atoms. The summed E-state index contributed by atoms with van der Waals surface area (Å²) >= 11 is 0. The molecule has 1 aliphatic rings. The highest BCUT2D eigenvalue weighted by molar-refractivity contribution is 4.96. The van der Waals surface area contributed by atoms with E-state index in [-0.39, 0.29) is 0 Å². The Hall–Kier alpha value is -0.660. The van der Waals surface area contributed by atoms with Gasteiger partial charge in [0.1, 0.15) is 6.17 Å². The van der Waals surface area contributed by atoms with Gasteiger partial charge in [0, 0.05) is 25.5 Å². The van der Waals surface area contributed by atoms with E-state index in [2.05, 4.69) is 43.0 Å². The van der Waals surface area contributed by atoms with Gasteiger partial charge in [0.05, 0.1) is 0 Å². The fourth-order valence-electron chi connectivity index (χ4n) is 5.92. The van der Waals surface area contributed by atoms with E-state index in [9.17, 15) is 0 Å². The SMILES string of the molecule is CCCCCCCCCCCCCCCCCCCN1C=CN(CCCCCCCCCC)C1CC. The molecular formula is C34H68N2. The second-order valence-corrected chi connectivity index (χ2v) is 11.8. The molecule has 0 aromatic carbocycles. The molecule has 0 N–H and O–H groups in total. The highest BCUT2D eigenvalue weighted by atomic mass is 15.4. The van der Waals surface area contributed by atoms with Crippen molar-refractivity contribution in [1.29, 1.82) is 0 Å². The monoisotopic (exact) mass is 505 g/mol. The topological polar surface area (TPSA) is 6.48 Å². The number of hydrogen-bond donors (Lipinski definition) is 0. The molecule has 0 amide bonds. The average Bonchev–Trinajstić information content (AvgIpc) is 3.29. The number of nitrogens with zero attached hydrogens (tertiary/aromatic N) is 2. The van der Waals surface area contributed by atoms with Crippen molar-refractivity contribution in [2.75, 3.05) is 13.1 Å². The van der Waals surface area contributed by atoms with Crippen molar-refractivity contribution in [2.45, 2.75) is 194 Å². The van der Waals surface area contributed by atoms with Crippen molar-refractivity contribution in [1.82, 2.24) is 9.80 Å². The number of rotatable bonds is 28. The zero-order chi connectivity index (χ0) is 25.9. The van der Waals surface area contributed by atoms with Gasteiger partial charge in [-0.15, -0.1) is 0 Å². The van der Waals surface area contributed by atoms with E-state index in [4.69, 9.17) is 0 Å². The molecular weight excluding hydrogens is 436 g/mol. The first kappa shape index (κ1) is 33.4. The maximum absolute atomic E-state index is 2.62. The Morgan fingerprint density at radius 3 is 0.861 bits per heavy atom. The van der Waals surface area contributed by atoms with E-state index in [1.165, 1.54) is 180 Å². The Kier molecular flexibility index (Phi) is 24.1. The van der Waals surface area contributed by atoms with Gasteiger partial charge in [-0.3, -0.25) is 0 Å². The smallest absolute Gasteiger partial charge is 0.100 e. The molecule has 1 aliphatic heterocycles. The lowest BCUT2D eigenvalue weighted by atomic mass is 10.0. The Morgan fingerprint density at radius 2 is 0.611 bits per heavy atom. The van der Waals surface area contributed by atoms with Crippen molar-refractivity contribution in [2.24, 2.45) is 0 Å². The van der Waals surface area contributed by atoms with Gasteiger partial charge in [-0.25, -0.2) is 0 Å². The molecule has 0 saturated carbocycles. The molecule has 0 fully saturated rings. The van der Waals surface area contributed by atoms with Crippen LogP contribution in [0.1, 0.15) is 188 Å². The first-order valence-electron chi connectivity index (χ1n) is 17.0. The minimum Gasteiger partial charge on any atom is -0.356 e. The fourth-order valence-corrected chi connectivity index (χ4v) is 5.92. The Bertz CT molecular complexity index is 460. The van der Waals surface area contributed by atoms with Gasteiger partial charge in [-0.1, -0.05) is 168 Å². The minimum atomic E-state index is 0.621. The van der Waals surface area contributed by atoms with Crippen molar-refractivity contribution in [3.05, 3.63) is 12.4 Å². The van der Waals surface area contributed by atoms with Gasteiger partial charge >= 0.3 is 0 Å². The van der Waals surface area contributed by atoms with Crippen LogP contribution in [0.15, 0.2) is 12.4 Å². The summed E-state index contributed by atoms with van der Waals surface area (Å²) in [6.07, 6.45) is 42.6. The lowest BCUT2D eigenvalue weighted by molar-refractivity contribution is 0.144. The molecule has 1 rings (SSSR count). The summed E-state index contributed by atoms with van der Waals surface area (Å²) in [7, 11) is 0. The summed E-state index contributed by atoms with van der Waals surface area (Å²) in [5.74, 6) is 0. The maximum atomic E-state index is 2.62. The minimum absolute atomic E-state index is 0.621. The Morgan fingerprint density at radius 1 is 0.361 bits per heavy atom. The molecule has 2 nitrogen and oxygen atoms in total. The second kappa shape index (κ2) is 26.0. The zero-order valence-electron chi connectivity index (χ0n) is 25.4. The van der Waals surface area contributed by atoms with Crippen LogP contribution >= 0.6 is 0 Å². The van der Waals surface area contributed by atoms with Crippen molar-refractivity contribution in [3.8, 4) is 0 Å². The van der Waals surface area contributed by atoms with Crippen LogP contribution in [0.4, 0.5) is 0 Å². The standard InChI is InChI=1S/C34H68N2/c1-4-7-9-11-13-15-16-17-18-19-20-21-22-23-25-27-29-31-36-33-32-35(34(36)6-3)30-28-26-24-14-12-10-8-5-2/h32-34H,4-31H2,1-3H3. The molecule has 2 heteroatoms. The van der Waals surface area contributed by atoms with E-state index in [0.29, 0.717) is 6.17 Å². The van der Waals surface area contributed by atoms with Gasteiger partial charge in [0.2, 0.25) is 0 Å². The molecule has 0 radical (unpaired) electrons. The highest BCUT2D eigenvalue weighted by Gasteiger charge is 2.23. The van der Waals surface area contributed by atoms with Crippen LogP contribution in [0.5, 0.6) is 0 Å². The van der Waals surface area contributed by atoms with Crippen LogP contribution in [0.2, 0.25) is 0 Å². The summed E-state index contributed by atoms with van der Waals surface area (Å²) in [5.41, 5.74) is 0. The quantitative estimate of drug-likeness (QED) is 0.0977. The third kappa shape index (κ3) is 18.6. The molecule has 0 aromatic heterocycles. The normalized spacial score (nSPS) is 15.5. The van der Waals surface area contributed by atoms with Crippen LogP contribution in [0, 0.1) is 0 Å². The lowest BCUT2D eigenvalue weighted by Gasteiger charge is -2.32. The molecule has 36 heavy (non-hydrogen) atoms. The summed E-state index contributed by atoms with van der Waals surface area (Å²) in [6.45, 7) is 9.47. The highest BCUT2D eigenvalue weighted by Crippen LogP contribution is 2.21. The van der Waals surface area contributed by atoms with Gasteiger partial charge in [-0.2, -0.15) is 0 Å². The molecule has 1 atom stereocenters. The third-order valence-electron chi connectivity index (χ3n) is 8.37.